The van der Waals surface area contributed by atoms with Crippen molar-refractivity contribution in [3.05, 3.63) is 65.5 Å². The fourth-order valence-corrected chi connectivity index (χ4v) is 3.86. The Labute approximate surface area is 147 Å². The normalized spacial score (nSPS) is 23.3. The predicted octanol–water partition coefficient (Wildman–Crippen LogP) is 2.79. The van der Waals surface area contributed by atoms with Gasteiger partial charge < -0.3 is 9.64 Å². The van der Waals surface area contributed by atoms with E-state index in [1.165, 1.54) is 11.6 Å². The number of hydrogen-bond acceptors (Lipinski definition) is 4. The van der Waals surface area contributed by atoms with Gasteiger partial charge in [-0.25, -0.2) is 4.39 Å². The van der Waals surface area contributed by atoms with Crippen molar-refractivity contribution in [1.82, 2.24) is 4.90 Å². The standard InChI is InChI=1S/C20H20FN3O/c21-17-7-4-8-18(16(17)11-22)24-13-19-20(14-24)25-10-9-23(19)12-15-5-2-1-3-6-15/h1-8,19-20H,9-10,12-14H2. The van der Waals surface area contributed by atoms with E-state index in [-0.39, 0.29) is 17.7 Å². The number of ether oxygens (including phenoxy) is 1. The molecule has 2 fully saturated rings. The van der Waals surface area contributed by atoms with Crippen LogP contribution in [-0.4, -0.2) is 43.3 Å². The molecule has 2 heterocycles. The Hall–Kier alpha value is -2.42. The first-order chi connectivity index (χ1) is 12.3. The maximum Gasteiger partial charge on any atom is 0.143 e. The third-order valence-electron chi connectivity index (χ3n) is 5.09. The first-order valence-electron chi connectivity index (χ1n) is 8.59. The molecule has 2 unspecified atom stereocenters. The minimum atomic E-state index is -0.461. The predicted molar refractivity (Wildman–Crippen MR) is 93.7 cm³/mol. The van der Waals surface area contributed by atoms with Gasteiger partial charge in [0.25, 0.3) is 0 Å². The summed E-state index contributed by atoms with van der Waals surface area (Å²) >= 11 is 0. The van der Waals surface area contributed by atoms with Gasteiger partial charge in [-0.2, -0.15) is 5.26 Å². The van der Waals surface area contributed by atoms with Crippen molar-refractivity contribution < 1.29 is 9.13 Å². The highest BCUT2D eigenvalue weighted by molar-refractivity contribution is 5.60. The molecule has 5 heteroatoms. The summed E-state index contributed by atoms with van der Waals surface area (Å²) in [6.45, 7) is 3.91. The molecular weight excluding hydrogens is 317 g/mol. The van der Waals surface area contributed by atoms with E-state index in [1.807, 2.05) is 18.2 Å². The lowest BCUT2D eigenvalue weighted by molar-refractivity contribution is -0.0499. The zero-order valence-electron chi connectivity index (χ0n) is 13.9. The largest absolute Gasteiger partial charge is 0.373 e. The van der Waals surface area contributed by atoms with E-state index < -0.39 is 5.82 Å². The van der Waals surface area contributed by atoms with Gasteiger partial charge in [-0.3, -0.25) is 4.90 Å². The molecule has 2 aliphatic rings. The van der Waals surface area contributed by atoms with Gasteiger partial charge >= 0.3 is 0 Å². The SMILES string of the molecule is N#Cc1c(F)cccc1N1CC2OCCN(Cc3ccccc3)C2C1. The molecule has 128 valence electrons. The lowest BCUT2D eigenvalue weighted by Crippen LogP contribution is -2.50. The molecule has 2 saturated heterocycles. The van der Waals surface area contributed by atoms with Crippen LogP contribution < -0.4 is 4.90 Å². The van der Waals surface area contributed by atoms with E-state index in [4.69, 9.17) is 4.74 Å². The second-order valence-electron chi connectivity index (χ2n) is 6.58. The lowest BCUT2D eigenvalue weighted by Gasteiger charge is -2.36. The first-order valence-corrected chi connectivity index (χ1v) is 8.59. The van der Waals surface area contributed by atoms with Crippen molar-refractivity contribution in [2.75, 3.05) is 31.1 Å². The second-order valence-corrected chi connectivity index (χ2v) is 6.58. The first kappa shape index (κ1) is 16.1. The number of fused-ring (bicyclic) bond motifs is 1. The highest BCUT2D eigenvalue weighted by Gasteiger charge is 2.40. The zero-order chi connectivity index (χ0) is 17.2. The molecule has 25 heavy (non-hydrogen) atoms. The van der Waals surface area contributed by atoms with Crippen LogP contribution >= 0.6 is 0 Å². The van der Waals surface area contributed by atoms with E-state index >= 15 is 0 Å². The van der Waals surface area contributed by atoms with E-state index in [0.717, 1.165) is 19.6 Å². The number of nitriles is 1. The highest BCUT2D eigenvalue weighted by Crippen LogP contribution is 2.31. The van der Waals surface area contributed by atoms with Crippen LogP contribution in [-0.2, 0) is 11.3 Å². The average molecular weight is 337 g/mol. The molecule has 4 rings (SSSR count). The number of benzene rings is 2. The topological polar surface area (TPSA) is 39.5 Å². The van der Waals surface area contributed by atoms with Crippen molar-refractivity contribution in [3.63, 3.8) is 0 Å². The molecule has 0 spiro atoms. The number of morpholine rings is 1. The average Bonchev–Trinajstić information content (AvgIpc) is 3.07. The van der Waals surface area contributed by atoms with Gasteiger partial charge in [0.15, 0.2) is 0 Å². The van der Waals surface area contributed by atoms with Crippen LogP contribution in [0.2, 0.25) is 0 Å². The van der Waals surface area contributed by atoms with Gasteiger partial charge in [0, 0.05) is 26.2 Å². The van der Waals surface area contributed by atoms with Crippen LogP contribution in [0.25, 0.3) is 0 Å². The lowest BCUT2D eigenvalue weighted by atomic mass is 10.1. The van der Waals surface area contributed by atoms with Gasteiger partial charge in [-0.05, 0) is 17.7 Å². The fourth-order valence-electron chi connectivity index (χ4n) is 3.86. The number of halogens is 1. The van der Waals surface area contributed by atoms with Crippen LogP contribution in [0.1, 0.15) is 11.1 Å². The summed E-state index contributed by atoms with van der Waals surface area (Å²) in [5.74, 6) is -0.461. The molecule has 0 bridgehead atoms. The smallest absolute Gasteiger partial charge is 0.143 e. The van der Waals surface area contributed by atoms with Gasteiger partial charge in [0.2, 0.25) is 0 Å². The molecule has 2 aliphatic heterocycles. The summed E-state index contributed by atoms with van der Waals surface area (Å²) in [5.41, 5.74) is 2.07. The maximum absolute atomic E-state index is 13.9. The number of anilines is 1. The van der Waals surface area contributed by atoms with Crippen LogP contribution in [0.5, 0.6) is 0 Å². The third kappa shape index (κ3) is 3.11. The van der Waals surface area contributed by atoms with E-state index in [0.29, 0.717) is 18.8 Å². The molecule has 0 aliphatic carbocycles. The highest BCUT2D eigenvalue weighted by atomic mass is 19.1. The number of hydrogen-bond donors (Lipinski definition) is 0. The molecule has 2 aromatic carbocycles. The third-order valence-corrected chi connectivity index (χ3v) is 5.09. The molecule has 0 radical (unpaired) electrons. The minimum absolute atomic E-state index is 0.0901. The summed E-state index contributed by atoms with van der Waals surface area (Å²) in [4.78, 5) is 4.52. The maximum atomic E-state index is 13.9. The summed E-state index contributed by atoms with van der Waals surface area (Å²) < 4.78 is 19.9. The Kier molecular flexibility index (Phi) is 4.39. The van der Waals surface area contributed by atoms with Crippen molar-refractivity contribution >= 4 is 5.69 Å². The summed E-state index contributed by atoms with van der Waals surface area (Å²) in [7, 11) is 0. The van der Waals surface area contributed by atoms with E-state index in [2.05, 4.69) is 34.1 Å². The van der Waals surface area contributed by atoms with Gasteiger partial charge in [-0.1, -0.05) is 36.4 Å². The Morgan fingerprint density at radius 3 is 2.76 bits per heavy atom. The summed E-state index contributed by atoms with van der Waals surface area (Å²) in [6.07, 6.45) is 0.0901. The quantitative estimate of drug-likeness (QED) is 0.863. The Balaban J connectivity index is 1.55. The van der Waals surface area contributed by atoms with Crippen LogP contribution in [0.4, 0.5) is 10.1 Å². The fraction of sp³-hybridized carbons (Fsp3) is 0.350. The number of rotatable bonds is 3. The number of nitrogens with zero attached hydrogens (tertiary/aromatic N) is 3. The molecule has 0 N–H and O–H groups in total. The second kappa shape index (κ2) is 6.83. The van der Waals surface area contributed by atoms with Gasteiger partial charge in [0.05, 0.1) is 24.4 Å². The Morgan fingerprint density at radius 1 is 1.12 bits per heavy atom. The van der Waals surface area contributed by atoms with Crippen molar-refractivity contribution in [3.8, 4) is 6.07 Å². The summed E-state index contributed by atoms with van der Waals surface area (Å²) in [5, 5.41) is 9.31. The Bertz CT molecular complexity index is 789. The molecule has 0 saturated carbocycles. The zero-order valence-corrected chi connectivity index (χ0v) is 13.9. The minimum Gasteiger partial charge on any atom is -0.373 e. The Morgan fingerprint density at radius 2 is 1.96 bits per heavy atom. The molecule has 0 amide bonds. The van der Waals surface area contributed by atoms with Crippen molar-refractivity contribution in [2.45, 2.75) is 18.7 Å². The molecular formula is C20H20FN3O. The molecule has 0 aromatic heterocycles. The van der Waals surface area contributed by atoms with Crippen molar-refractivity contribution in [2.24, 2.45) is 0 Å². The van der Waals surface area contributed by atoms with Crippen molar-refractivity contribution in [1.29, 1.82) is 5.26 Å². The van der Waals surface area contributed by atoms with Crippen LogP contribution in [0, 0.1) is 17.1 Å². The monoisotopic (exact) mass is 337 g/mol. The van der Waals surface area contributed by atoms with Gasteiger partial charge in [-0.15, -0.1) is 0 Å². The molecule has 2 atom stereocenters. The van der Waals surface area contributed by atoms with Crippen LogP contribution in [0.3, 0.4) is 0 Å². The summed E-state index contributed by atoms with van der Waals surface area (Å²) in [6, 6.07) is 17.5. The van der Waals surface area contributed by atoms with E-state index in [9.17, 15) is 9.65 Å². The van der Waals surface area contributed by atoms with E-state index in [1.54, 1.807) is 6.07 Å². The molecule has 4 nitrogen and oxygen atoms in total. The van der Waals surface area contributed by atoms with Crippen LogP contribution in [0.15, 0.2) is 48.5 Å². The molecule has 2 aromatic rings. The van der Waals surface area contributed by atoms with Gasteiger partial charge in [0.1, 0.15) is 17.4 Å².